The van der Waals surface area contributed by atoms with Crippen molar-refractivity contribution in [1.82, 2.24) is 0 Å². The first-order valence-corrected chi connectivity index (χ1v) is 10.9. The number of benzene rings is 3. The number of hydrogen-bond donors (Lipinski definition) is 1. The summed E-state index contributed by atoms with van der Waals surface area (Å²) in [5.74, 6) is 0.0704. The molecule has 1 amide bonds. The number of hydrogen-bond acceptors (Lipinski definition) is 5. The van der Waals surface area contributed by atoms with Crippen LogP contribution in [-0.2, 0) is 9.84 Å². The lowest BCUT2D eigenvalue weighted by Crippen LogP contribution is -2.12. The van der Waals surface area contributed by atoms with Gasteiger partial charge in [0.2, 0.25) is 0 Å². The van der Waals surface area contributed by atoms with E-state index in [2.05, 4.69) is 10.1 Å². The number of ether oxygens (including phenoxy) is 2. The van der Waals surface area contributed by atoms with Crippen molar-refractivity contribution in [3.05, 3.63) is 72.3 Å². The molecule has 0 saturated heterocycles. The van der Waals surface area contributed by atoms with Crippen molar-refractivity contribution in [3.8, 4) is 22.6 Å². The van der Waals surface area contributed by atoms with E-state index in [1.807, 2.05) is 0 Å². The minimum atomic E-state index is -3.38. The van der Waals surface area contributed by atoms with Crippen molar-refractivity contribution in [1.29, 1.82) is 0 Å². The number of carbonyl (C=O) groups is 1. The molecular weight excluding hydrogens is 428 g/mol. The smallest absolute Gasteiger partial charge is 0.387 e. The summed E-state index contributed by atoms with van der Waals surface area (Å²) in [4.78, 5) is 12.6. The number of amides is 1. The van der Waals surface area contributed by atoms with Gasteiger partial charge in [0, 0.05) is 23.1 Å². The van der Waals surface area contributed by atoms with Crippen LogP contribution in [0.4, 0.5) is 14.5 Å². The van der Waals surface area contributed by atoms with Crippen LogP contribution in [0, 0.1) is 0 Å². The Labute approximate surface area is 178 Å². The quantitative estimate of drug-likeness (QED) is 0.572. The molecule has 0 saturated carbocycles. The van der Waals surface area contributed by atoms with Gasteiger partial charge in [0.1, 0.15) is 11.5 Å². The molecule has 162 valence electrons. The van der Waals surface area contributed by atoms with Crippen molar-refractivity contribution >= 4 is 21.4 Å². The number of sulfone groups is 1. The molecule has 0 aliphatic rings. The van der Waals surface area contributed by atoms with Gasteiger partial charge in [-0.25, -0.2) is 8.42 Å². The average Bonchev–Trinajstić information content (AvgIpc) is 2.74. The summed E-state index contributed by atoms with van der Waals surface area (Å²) in [7, 11) is -1.86. The summed E-state index contributed by atoms with van der Waals surface area (Å²) in [6.07, 6.45) is 1.08. The molecule has 0 atom stereocenters. The first-order valence-electron chi connectivity index (χ1n) is 9.02. The van der Waals surface area contributed by atoms with E-state index < -0.39 is 22.4 Å². The van der Waals surface area contributed by atoms with Crippen LogP contribution < -0.4 is 14.8 Å². The lowest BCUT2D eigenvalue weighted by atomic mass is 10.0. The third-order valence-electron chi connectivity index (χ3n) is 4.40. The van der Waals surface area contributed by atoms with Crippen LogP contribution in [0.15, 0.2) is 71.6 Å². The maximum absolute atomic E-state index is 12.8. The van der Waals surface area contributed by atoms with Gasteiger partial charge in [-0.05, 0) is 60.2 Å². The Morgan fingerprint density at radius 1 is 0.968 bits per heavy atom. The van der Waals surface area contributed by atoms with Gasteiger partial charge in [-0.3, -0.25) is 4.79 Å². The number of rotatable bonds is 7. The van der Waals surface area contributed by atoms with Crippen molar-refractivity contribution in [2.24, 2.45) is 0 Å². The highest BCUT2D eigenvalue weighted by Crippen LogP contribution is 2.34. The fraction of sp³-hybridized carbons (Fsp3) is 0.136. The van der Waals surface area contributed by atoms with Gasteiger partial charge in [-0.1, -0.05) is 12.1 Å². The van der Waals surface area contributed by atoms with E-state index in [0.717, 1.165) is 6.26 Å². The molecule has 3 aromatic rings. The standard InChI is InChI=1S/C22H19F2NO5S/c1-29-17-8-3-14(4-9-17)19-13-16(7-12-20(19)30-22(23)24)25-21(26)15-5-10-18(11-6-15)31(2,27)28/h3-13,22H,1-2H3,(H,25,26). The first kappa shape index (κ1) is 22.2. The SMILES string of the molecule is COc1ccc(-c2cc(NC(=O)c3ccc(S(C)(=O)=O)cc3)ccc2OC(F)F)cc1. The maximum Gasteiger partial charge on any atom is 0.387 e. The fourth-order valence-corrected chi connectivity index (χ4v) is 3.49. The fourth-order valence-electron chi connectivity index (χ4n) is 2.86. The van der Waals surface area contributed by atoms with Crippen LogP contribution >= 0.6 is 0 Å². The molecule has 0 aliphatic carbocycles. The Morgan fingerprint density at radius 3 is 2.16 bits per heavy atom. The van der Waals surface area contributed by atoms with Crippen LogP contribution in [0.1, 0.15) is 10.4 Å². The second-order valence-corrected chi connectivity index (χ2v) is 8.58. The number of alkyl halides is 2. The summed E-state index contributed by atoms with van der Waals surface area (Å²) in [5, 5.41) is 2.67. The van der Waals surface area contributed by atoms with E-state index in [1.165, 1.54) is 49.6 Å². The summed E-state index contributed by atoms with van der Waals surface area (Å²) in [6, 6.07) is 16.5. The Kier molecular flexibility index (Phi) is 6.55. The molecule has 9 heteroatoms. The number of anilines is 1. The van der Waals surface area contributed by atoms with E-state index in [9.17, 15) is 22.0 Å². The zero-order valence-corrected chi connectivity index (χ0v) is 17.5. The summed E-state index contributed by atoms with van der Waals surface area (Å²) >= 11 is 0. The van der Waals surface area contributed by atoms with Crippen LogP contribution in [0.25, 0.3) is 11.1 Å². The zero-order chi connectivity index (χ0) is 22.6. The van der Waals surface area contributed by atoms with E-state index in [1.54, 1.807) is 24.3 Å². The van der Waals surface area contributed by atoms with Crippen LogP contribution in [-0.4, -0.2) is 34.3 Å². The molecule has 0 bridgehead atoms. The number of nitrogens with one attached hydrogen (secondary N) is 1. The number of methoxy groups -OCH3 is 1. The molecule has 0 unspecified atom stereocenters. The van der Waals surface area contributed by atoms with Crippen LogP contribution in [0.5, 0.6) is 11.5 Å². The molecular formula is C22H19F2NO5S. The molecule has 0 aliphatic heterocycles. The highest BCUT2D eigenvalue weighted by Gasteiger charge is 2.15. The molecule has 0 aromatic heterocycles. The zero-order valence-electron chi connectivity index (χ0n) is 16.6. The monoisotopic (exact) mass is 447 g/mol. The molecule has 0 fully saturated rings. The van der Waals surface area contributed by atoms with E-state index in [-0.39, 0.29) is 16.2 Å². The molecule has 0 radical (unpaired) electrons. The van der Waals surface area contributed by atoms with Crippen LogP contribution in [0.2, 0.25) is 0 Å². The van der Waals surface area contributed by atoms with Crippen molar-refractivity contribution in [3.63, 3.8) is 0 Å². The third-order valence-corrected chi connectivity index (χ3v) is 5.53. The van der Waals surface area contributed by atoms with Crippen molar-refractivity contribution in [2.75, 3.05) is 18.7 Å². The van der Waals surface area contributed by atoms with E-state index in [4.69, 9.17) is 4.74 Å². The Bertz CT molecular complexity index is 1180. The van der Waals surface area contributed by atoms with Crippen molar-refractivity contribution in [2.45, 2.75) is 11.5 Å². The molecule has 3 rings (SSSR count). The predicted molar refractivity (Wildman–Crippen MR) is 113 cm³/mol. The van der Waals surface area contributed by atoms with Gasteiger partial charge < -0.3 is 14.8 Å². The van der Waals surface area contributed by atoms with Gasteiger partial charge in [0.05, 0.1) is 12.0 Å². The van der Waals surface area contributed by atoms with Gasteiger partial charge in [-0.15, -0.1) is 0 Å². The van der Waals surface area contributed by atoms with Crippen molar-refractivity contribution < 1.29 is 31.5 Å². The van der Waals surface area contributed by atoms with E-state index in [0.29, 0.717) is 22.6 Å². The Morgan fingerprint density at radius 2 is 1.61 bits per heavy atom. The second kappa shape index (κ2) is 9.13. The molecule has 6 nitrogen and oxygen atoms in total. The number of halogens is 2. The highest BCUT2D eigenvalue weighted by molar-refractivity contribution is 7.90. The van der Waals surface area contributed by atoms with Gasteiger partial charge >= 0.3 is 6.61 Å². The maximum atomic E-state index is 12.8. The topological polar surface area (TPSA) is 81.7 Å². The lowest BCUT2D eigenvalue weighted by molar-refractivity contribution is -0.0494. The molecule has 3 aromatic carbocycles. The molecule has 1 N–H and O–H groups in total. The summed E-state index contributed by atoms with van der Waals surface area (Å²) < 4.78 is 58.5. The van der Waals surface area contributed by atoms with Gasteiger partial charge in [0.25, 0.3) is 5.91 Å². The first-order chi connectivity index (χ1) is 14.7. The molecule has 31 heavy (non-hydrogen) atoms. The molecule has 0 spiro atoms. The third kappa shape index (κ3) is 5.58. The molecule has 0 heterocycles. The van der Waals surface area contributed by atoms with Gasteiger partial charge in [0.15, 0.2) is 9.84 Å². The second-order valence-electron chi connectivity index (χ2n) is 6.57. The average molecular weight is 447 g/mol. The summed E-state index contributed by atoms with van der Waals surface area (Å²) in [6.45, 7) is -3.01. The minimum absolute atomic E-state index is 0.0457. The van der Waals surface area contributed by atoms with E-state index >= 15 is 0 Å². The van der Waals surface area contributed by atoms with Crippen LogP contribution in [0.3, 0.4) is 0 Å². The highest BCUT2D eigenvalue weighted by atomic mass is 32.2. The van der Waals surface area contributed by atoms with Gasteiger partial charge in [-0.2, -0.15) is 8.78 Å². The minimum Gasteiger partial charge on any atom is -0.497 e. The Balaban J connectivity index is 1.89. The normalized spacial score (nSPS) is 11.3. The lowest BCUT2D eigenvalue weighted by Gasteiger charge is -2.14. The number of carbonyl (C=O) groups excluding carboxylic acids is 1. The summed E-state index contributed by atoms with van der Waals surface area (Å²) in [5.41, 5.74) is 1.54. The predicted octanol–water partition coefficient (Wildman–Crippen LogP) is 4.62. The largest absolute Gasteiger partial charge is 0.497 e. The Hall–Kier alpha value is -3.46.